The Hall–Kier alpha value is -2.13. The summed E-state index contributed by atoms with van der Waals surface area (Å²) in [4.78, 5) is 22.2. The number of rotatable bonds is 2. The molecule has 0 radical (unpaired) electrons. The molecule has 122 valence electrons. The van der Waals surface area contributed by atoms with E-state index in [4.69, 9.17) is 14.0 Å². The third-order valence-electron chi connectivity index (χ3n) is 4.54. The highest BCUT2D eigenvalue weighted by molar-refractivity contribution is 6.64. The second kappa shape index (κ2) is 4.94. The number of nitro benzene ring substituents is 1. The van der Waals surface area contributed by atoms with Gasteiger partial charge in [0.2, 0.25) is 0 Å². The van der Waals surface area contributed by atoms with E-state index in [-0.39, 0.29) is 12.3 Å². The molecule has 1 aromatic rings. The molecule has 23 heavy (non-hydrogen) atoms. The molecule has 2 aliphatic heterocycles. The minimum atomic E-state index is -0.813. The van der Waals surface area contributed by atoms with Crippen molar-refractivity contribution in [2.75, 3.05) is 5.32 Å². The van der Waals surface area contributed by atoms with Crippen molar-refractivity contribution in [1.82, 2.24) is 0 Å². The molecular weight excluding hydrogens is 303 g/mol. The van der Waals surface area contributed by atoms with Gasteiger partial charge in [0.15, 0.2) is 0 Å². The Morgan fingerprint density at radius 2 is 1.83 bits per heavy atom. The minimum Gasteiger partial charge on any atom is -0.444 e. The molecule has 0 aliphatic carbocycles. The van der Waals surface area contributed by atoms with Crippen LogP contribution in [0.5, 0.6) is 0 Å². The third kappa shape index (κ3) is 2.55. The molecule has 0 spiro atoms. The molecule has 0 bridgehead atoms. The Morgan fingerprint density at radius 1 is 1.22 bits per heavy atom. The number of carbonyl (C=O) groups is 1. The molecule has 1 N–H and O–H groups in total. The SMILES string of the molecule is CC1(C)OB(c2cc([N+](=O)[O-])cc3c2NC(=O)OC3)OC1(C)C. The highest BCUT2D eigenvalue weighted by Crippen LogP contribution is 2.38. The fourth-order valence-electron chi connectivity index (χ4n) is 2.52. The average Bonchev–Trinajstić information content (AvgIpc) is 2.66. The molecule has 2 aliphatic rings. The third-order valence-corrected chi connectivity index (χ3v) is 4.54. The first-order chi connectivity index (χ1) is 10.6. The molecule has 2 heterocycles. The van der Waals surface area contributed by atoms with Crippen LogP contribution < -0.4 is 10.8 Å². The summed E-state index contributed by atoms with van der Waals surface area (Å²) in [5.74, 6) is 0. The Kier molecular flexibility index (Phi) is 3.38. The van der Waals surface area contributed by atoms with Crippen LogP contribution in [-0.4, -0.2) is 29.3 Å². The van der Waals surface area contributed by atoms with Gasteiger partial charge in [0.1, 0.15) is 6.61 Å². The zero-order chi connectivity index (χ0) is 17.0. The van der Waals surface area contributed by atoms with Crippen molar-refractivity contribution in [1.29, 1.82) is 0 Å². The number of nitrogens with one attached hydrogen (secondary N) is 1. The van der Waals surface area contributed by atoms with E-state index in [1.165, 1.54) is 12.1 Å². The molecule has 8 nitrogen and oxygen atoms in total. The van der Waals surface area contributed by atoms with Gasteiger partial charge in [-0.05, 0) is 27.7 Å². The number of hydrogen-bond acceptors (Lipinski definition) is 6. The Balaban J connectivity index is 2.10. The van der Waals surface area contributed by atoms with E-state index in [1.807, 2.05) is 27.7 Å². The minimum absolute atomic E-state index is 0.0324. The van der Waals surface area contributed by atoms with Gasteiger partial charge in [-0.15, -0.1) is 0 Å². The number of ether oxygens (including phenoxy) is 1. The van der Waals surface area contributed by atoms with Crippen molar-refractivity contribution < 1.29 is 23.8 Å². The number of nitro groups is 1. The lowest BCUT2D eigenvalue weighted by molar-refractivity contribution is -0.384. The quantitative estimate of drug-likeness (QED) is 0.508. The van der Waals surface area contributed by atoms with Crippen molar-refractivity contribution in [2.45, 2.75) is 45.5 Å². The van der Waals surface area contributed by atoms with Gasteiger partial charge in [0, 0.05) is 23.2 Å². The van der Waals surface area contributed by atoms with Crippen molar-refractivity contribution in [3.8, 4) is 0 Å². The lowest BCUT2D eigenvalue weighted by Crippen LogP contribution is -2.41. The average molecular weight is 320 g/mol. The van der Waals surface area contributed by atoms with Crippen molar-refractivity contribution in [3.63, 3.8) is 0 Å². The second-order valence-corrected chi connectivity index (χ2v) is 6.62. The smallest absolute Gasteiger partial charge is 0.444 e. The summed E-state index contributed by atoms with van der Waals surface area (Å²) in [5.41, 5.74) is 0.0980. The van der Waals surface area contributed by atoms with Gasteiger partial charge in [0.05, 0.1) is 21.8 Å². The van der Waals surface area contributed by atoms with E-state index in [0.717, 1.165) is 0 Å². The second-order valence-electron chi connectivity index (χ2n) is 6.62. The fourth-order valence-corrected chi connectivity index (χ4v) is 2.52. The maximum absolute atomic E-state index is 11.5. The summed E-state index contributed by atoms with van der Waals surface area (Å²) in [7, 11) is -0.813. The first kappa shape index (κ1) is 15.8. The normalized spacial score (nSPS) is 21.4. The number of cyclic esters (lactones) is 1. The van der Waals surface area contributed by atoms with Gasteiger partial charge in [-0.3, -0.25) is 15.4 Å². The monoisotopic (exact) mass is 320 g/mol. The summed E-state index contributed by atoms with van der Waals surface area (Å²) < 4.78 is 16.8. The van der Waals surface area contributed by atoms with Crippen LogP contribution >= 0.6 is 0 Å². The van der Waals surface area contributed by atoms with Crippen LogP contribution in [0, 0.1) is 10.1 Å². The van der Waals surface area contributed by atoms with Crippen LogP contribution in [0.3, 0.4) is 0 Å². The number of non-ortho nitro benzene ring substituents is 1. The molecule has 1 aromatic carbocycles. The van der Waals surface area contributed by atoms with Gasteiger partial charge in [-0.25, -0.2) is 4.79 Å². The van der Waals surface area contributed by atoms with Crippen LogP contribution in [0.4, 0.5) is 16.2 Å². The van der Waals surface area contributed by atoms with Crippen LogP contribution in [0.25, 0.3) is 0 Å². The molecule has 1 saturated heterocycles. The lowest BCUT2D eigenvalue weighted by atomic mass is 9.76. The van der Waals surface area contributed by atoms with E-state index in [9.17, 15) is 14.9 Å². The zero-order valence-corrected chi connectivity index (χ0v) is 13.3. The van der Waals surface area contributed by atoms with Gasteiger partial charge in [0.25, 0.3) is 5.69 Å². The maximum Gasteiger partial charge on any atom is 0.497 e. The van der Waals surface area contributed by atoms with Gasteiger partial charge in [-0.1, -0.05) is 0 Å². The largest absolute Gasteiger partial charge is 0.497 e. The van der Waals surface area contributed by atoms with Crippen molar-refractivity contribution in [2.24, 2.45) is 0 Å². The number of amides is 1. The lowest BCUT2D eigenvalue weighted by Gasteiger charge is -2.32. The van der Waals surface area contributed by atoms with Crippen LogP contribution in [-0.2, 0) is 20.7 Å². The molecule has 0 unspecified atom stereocenters. The number of benzene rings is 1. The van der Waals surface area contributed by atoms with Crippen LogP contribution in [0.1, 0.15) is 33.3 Å². The first-order valence-electron chi connectivity index (χ1n) is 7.21. The summed E-state index contributed by atoms with van der Waals surface area (Å²) in [6, 6.07) is 2.75. The molecule has 0 aromatic heterocycles. The summed E-state index contributed by atoms with van der Waals surface area (Å²) in [6.45, 7) is 7.52. The van der Waals surface area contributed by atoms with Crippen molar-refractivity contribution >= 4 is 30.0 Å². The van der Waals surface area contributed by atoms with E-state index >= 15 is 0 Å². The topological polar surface area (TPSA) is 99.9 Å². The van der Waals surface area contributed by atoms with Crippen LogP contribution in [0.15, 0.2) is 12.1 Å². The standard InChI is InChI=1S/C14H17BN2O6/c1-13(2)14(3,4)23-15(22-13)10-6-9(17(19)20)5-8-7-21-12(18)16-11(8)10/h5-6H,7H2,1-4H3,(H,16,18). The van der Waals surface area contributed by atoms with Crippen molar-refractivity contribution in [3.05, 3.63) is 27.8 Å². The summed E-state index contributed by atoms with van der Waals surface area (Å²) >= 11 is 0. The van der Waals surface area contributed by atoms with Crippen LogP contribution in [0.2, 0.25) is 0 Å². The Labute approximate surface area is 133 Å². The molecule has 3 rings (SSSR count). The molecule has 0 atom stereocenters. The van der Waals surface area contributed by atoms with E-state index < -0.39 is 29.3 Å². The predicted molar refractivity (Wildman–Crippen MR) is 82.6 cm³/mol. The number of fused-ring (bicyclic) bond motifs is 1. The number of anilines is 1. The Morgan fingerprint density at radius 3 is 2.39 bits per heavy atom. The van der Waals surface area contributed by atoms with Gasteiger partial charge in [-0.2, -0.15) is 0 Å². The molecule has 0 saturated carbocycles. The molecule has 1 fully saturated rings. The molecule has 1 amide bonds. The highest BCUT2D eigenvalue weighted by Gasteiger charge is 2.53. The van der Waals surface area contributed by atoms with E-state index in [2.05, 4.69) is 5.32 Å². The number of nitrogens with zero attached hydrogens (tertiary/aromatic N) is 1. The fraction of sp³-hybridized carbons (Fsp3) is 0.500. The maximum atomic E-state index is 11.5. The van der Waals surface area contributed by atoms with Gasteiger partial charge < -0.3 is 14.0 Å². The summed E-state index contributed by atoms with van der Waals surface area (Å²) in [6.07, 6.45) is -0.607. The highest BCUT2D eigenvalue weighted by atomic mass is 16.7. The van der Waals surface area contributed by atoms with E-state index in [1.54, 1.807) is 0 Å². The summed E-state index contributed by atoms with van der Waals surface area (Å²) in [5, 5.41) is 13.8. The Bertz CT molecular complexity index is 687. The molecule has 9 heteroatoms. The predicted octanol–water partition coefficient (Wildman–Crippen LogP) is 1.96. The number of hydrogen-bond donors (Lipinski definition) is 1. The van der Waals surface area contributed by atoms with Gasteiger partial charge >= 0.3 is 13.2 Å². The molecular formula is C14H17BN2O6. The number of carbonyl (C=O) groups excluding carboxylic acids is 1. The first-order valence-corrected chi connectivity index (χ1v) is 7.21. The zero-order valence-electron chi connectivity index (χ0n) is 13.3. The van der Waals surface area contributed by atoms with E-state index in [0.29, 0.717) is 16.7 Å².